The fraction of sp³-hybridized carbons (Fsp3) is 0.350. The van der Waals surface area contributed by atoms with Gasteiger partial charge in [-0.2, -0.15) is 0 Å². The first-order valence-electron chi connectivity index (χ1n) is 9.26. The maximum Gasteiger partial charge on any atom is 0.271 e. The van der Waals surface area contributed by atoms with Crippen LogP contribution in [0.1, 0.15) is 26.3 Å². The third-order valence-electron chi connectivity index (χ3n) is 4.48. The van der Waals surface area contributed by atoms with E-state index in [9.17, 15) is 14.9 Å². The van der Waals surface area contributed by atoms with Crippen molar-refractivity contribution in [3.8, 4) is 11.5 Å². The molecule has 0 radical (unpaired) electrons. The number of anilines is 2. The lowest BCUT2D eigenvalue weighted by molar-refractivity contribution is -0.384. The molecule has 0 spiro atoms. The van der Waals surface area contributed by atoms with Crippen molar-refractivity contribution in [2.45, 2.75) is 39.3 Å². The Labute approximate surface area is 173 Å². The number of carbonyl (C=O) groups excluding carboxylic acids is 1. The first-order chi connectivity index (χ1) is 13.8. The Balaban J connectivity index is 1.74. The largest absolute Gasteiger partial charge is 0.492 e. The van der Waals surface area contributed by atoms with Crippen LogP contribution in [0.15, 0.2) is 30.3 Å². The normalized spacial score (nSPS) is 15.8. The molecule has 1 heterocycles. The van der Waals surface area contributed by atoms with Crippen LogP contribution in [0, 0.1) is 10.1 Å². The first-order valence-corrected chi connectivity index (χ1v) is 9.64. The minimum Gasteiger partial charge on any atom is -0.492 e. The summed E-state index contributed by atoms with van der Waals surface area (Å²) in [4.78, 5) is 22.9. The number of nitro benzene ring substituents is 1. The lowest BCUT2D eigenvalue weighted by Gasteiger charge is -2.19. The number of rotatable bonds is 7. The molecule has 1 aliphatic rings. The van der Waals surface area contributed by atoms with Crippen molar-refractivity contribution in [1.82, 2.24) is 0 Å². The van der Waals surface area contributed by atoms with E-state index in [-0.39, 0.29) is 22.7 Å². The molecule has 1 amide bonds. The number of fused-ring (bicyclic) bond motifs is 1. The average Bonchev–Trinajstić information content (AvgIpc) is 3.02. The van der Waals surface area contributed by atoms with Gasteiger partial charge in [0, 0.05) is 30.2 Å². The monoisotopic (exact) mass is 419 g/mol. The highest BCUT2D eigenvalue weighted by molar-refractivity contribution is 6.34. The van der Waals surface area contributed by atoms with Gasteiger partial charge in [-0.1, -0.05) is 11.6 Å². The topological polar surface area (TPSA) is 103 Å². The molecule has 0 bridgehead atoms. The van der Waals surface area contributed by atoms with Crippen LogP contribution < -0.4 is 20.1 Å². The van der Waals surface area contributed by atoms with Crippen molar-refractivity contribution >= 4 is 34.6 Å². The summed E-state index contributed by atoms with van der Waals surface area (Å²) in [6, 6.07) is 7.03. The number of hydrogen-bond donors (Lipinski definition) is 2. The van der Waals surface area contributed by atoms with Crippen LogP contribution in [0.25, 0.3) is 0 Å². The third kappa shape index (κ3) is 4.71. The van der Waals surface area contributed by atoms with E-state index in [1.165, 1.54) is 18.2 Å². The molecule has 2 aromatic carbocycles. The Morgan fingerprint density at radius 3 is 2.79 bits per heavy atom. The van der Waals surface area contributed by atoms with Crippen LogP contribution in [-0.2, 0) is 11.2 Å². The summed E-state index contributed by atoms with van der Waals surface area (Å²) in [5.74, 6) is 1.07. The second-order valence-corrected chi connectivity index (χ2v) is 7.21. The number of non-ortho nitro benzene ring substituents is 1. The molecule has 0 fully saturated rings. The Morgan fingerprint density at radius 2 is 2.14 bits per heavy atom. The van der Waals surface area contributed by atoms with Gasteiger partial charge in [0.25, 0.3) is 5.69 Å². The van der Waals surface area contributed by atoms with E-state index < -0.39 is 11.0 Å². The van der Waals surface area contributed by atoms with Crippen molar-refractivity contribution in [3.05, 3.63) is 51.0 Å². The number of amides is 1. The number of halogens is 1. The summed E-state index contributed by atoms with van der Waals surface area (Å²) in [6.45, 7) is 6.07. The lowest BCUT2D eigenvalue weighted by Crippen LogP contribution is -2.32. The predicted octanol–water partition coefficient (Wildman–Crippen LogP) is 4.41. The van der Waals surface area contributed by atoms with E-state index in [4.69, 9.17) is 21.1 Å². The van der Waals surface area contributed by atoms with Crippen LogP contribution in [0.2, 0.25) is 5.02 Å². The zero-order valence-electron chi connectivity index (χ0n) is 16.3. The molecule has 0 saturated heterocycles. The number of ether oxygens (including phenoxy) is 2. The zero-order valence-corrected chi connectivity index (χ0v) is 17.1. The molecule has 2 aromatic rings. The van der Waals surface area contributed by atoms with Gasteiger partial charge in [0.05, 0.1) is 27.9 Å². The summed E-state index contributed by atoms with van der Waals surface area (Å²) in [6.07, 6.45) is 0.907. The van der Waals surface area contributed by atoms with Crippen LogP contribution in [0.5, 0.6) is 11.5 Å². The van der Waals surface area contributed by atoms with Crippen LogP contribution in [0.3, 0.4) is 0 Å². The second-order valence-electron chi connectivity index (χ2n) is 6.80. The van der Waals surface area contributed by atoms with E-state index in [0.29, 0.717) is 23.7 Å². The van der Waals surface area contributed by atoms with Gasteiger partial charge in [-0.3, -0.25) is 14.9 Å². The molecule has 1 aliphatic heterocycles. The minimum atomic E-state index is -0.627. The minimum absolute atomic E-state index is 0.0923. The fourth-order valence-electron chi connectivity index (χ4n) is 3.09. The van der Waals surface area contributed by atoms with Gasteiger partial charge in [0.15, 0.2) is 0 Å². The summed E-state index contributed by atoms with van der Waals surface area (Å²) in [5, 5.41) is 16.7. The Morgan fingerprint density at radius 1 is 1.38 bits per heavy atom. The van der Waals surface area contributed by atoms with Gasteiger partial charge in [-0.25, -0.2) is 0 Å². The van der Waals surface area contributed by atoms with Gasteiger partial charge in [-0.05, 0) is 32.9 Å². The third-order valence-corrected chi connectivity index (χ3v) is 4.80. The first kappa shape index (κ1) is 20.7. The molecular weight excluding hydrogens is 398 g/mol. The zero-order chi connectivity index (χ0) is 21.1. The predicted molar refractivity (Wildman–Crippen MR) is 111 cm³/mol. The highest BCUT2D eigenvalue weighted by atomic mass is 35.5. The molecule has 9 heteroatoms. The SMILES string of the molecule is CCOc1cc2c(cc1N[C@@H](C)C(=O)Nc1ccc([N+](=O)[O-])cc1Cl)O[C@@H](C)C2. The van der Waals surface area contributed by atoms with Crippen LogP contribution in [0.4, 0.5) is 17.1 Å². The Hall–Kier alpha value is -3.00. The highest BCUT2D eigenvalue weighted by Crippen LogP contribution is 2.38. The number of nitrogens with zero attached hydrogens (tertiary/aromatic N) is 1. The van der Waals surface area contributed by atoms with E-state index >= 15 is 0 Å². The Kier molecular flexibility index (Phi) is 6.12. The standard InChI is InChI=1S/C20H22ClN3O5/c1-4-28-19-8-13-7-11(2)29-18(13)10-17(19)22-12(3)20(25)23-16-6-5-14(24(26)27)9-15(16)21/h5-6,8-12,22H,4,7H2,1-3H3,(H,23,25)/t11-,12-/m0/s1. The molecule has 2 atom stereocenters. The molecule has 154 valence electrons. The molecule has 2 N–H and O–H groups in total. The molecule has 3 rings (SSSR count). The van der Waals surface area contributed by atoms with Crippen molar-refractivity contribution in [3.63, 3.8) is 0 Å². The molecule has 8 nitrogen and oxygen atoms in total. The maximum atomic E-state index is 12.6. The maximum absolute atomic E-state index is 12.6. The number of nitrogens with one attached hydrogen (secondary N) is 2. The van der Waals surface area contributed by atoms with Gasteiger partial charge in [0.2, 0.25) is 5.91 Å². The van der Waals surface area contributed by atoms with Crippen LogP contribution in [-0.4, -0.2) is 29.6 Å². The molecule has 0 saturated carbocycles. The van der Waals surface area contributed by atoms with E-state index in [0.717, 1.165) is 17.7 Å². The quantitative estimate of drug-likeness (QED) is 0.509. The van der Waals surface area contributed by atoms with E-state index in [2.05, 4.69) is 10.6 Å². The lowest BCUT2D eigenvalue weighted by atomic mass is 10.1. The summed E-state index contributed by atoms with van der Waals surface area (Å²) in [5.41, 5.74) is 1.87. The highest BCUT2D eigenvalue weighted by Gasteiger charge is 2.24. The number of nitro groups is 1. The van der Waals surface area contributed by atoms with Crippen molar-refractivity contribution < 1.29 is 19.2 Å². The van der Waals surface area contributed by atoms with Gasteiger partial charge >= 0.3 is 0 Å². The number of benzene rings is 2. The summed E-state index contributed by atoms with van der Waals surface area (Å²) in [7, 11) is 0. The average molecular weight is 420 g/mol. The molecule has 0 unspecified atom stereocenters. The van der Waals surface area contributed by atoms with Gasteiger partial charge < -0.3 is 20.1 Å². The van der Waals surface area contributed by atoms with Crippen LogP contribution >= 0.6 is 11.6 Å². The van der Waals surface area contributed by atoms with Gasteiger partial charge in [0.1, 0.15) is 23.6 Å². The van der Waals surface area contributed by atoms with Gasteiger partial charge in [-0.15, -0.1) is 0 Å². The van der Waals surface area contributed by atoms with Crippen molar-refractivity contribution in [2.24, 2.45) is 0 Å². The second kappa shape index (κ2) is 8.57. The van der Waals surface area contributed by atoms with Crippen molar-refractivity contribution in [1.29, 1.82) is 0 Å². The molecule has 0 aromatic heterocycles. The van der Waals surface area contributed by atoms with E-state index in [1.54, 1.807) is 6.92 Å². The van der Waals surface area contributed by atoms with E-state index in [1.807, 2.05) is 26.0 Å². The van der Waals surface area contributed by atoms with Crippen molar-refractivity contribution in [2.75, 3.05) is 17.2 Å². The molecule has 29 heavy (non-hydrogen) atoms. The fourth-order valence-corrected chi connectivity index (χ4v) is 3.31. The smallest absolute Gasteiger partial charge is 0.271 e. The summed E-state index contributed by atoms with van der Waals surface area (Å²) < 4.78 is 11.5. The summed E-state index contributed by atoms with van der Waals surface area (Å²) >= 11 is 6.05. The number of hydrogen-bond acceptors (Lipinski definition) is 6. The number of carbonyl (C=O) groups is 1. The molecule has 0 aliphatic carbocycles. The Bertz CT molecular complexity index is 950. The molecular formula is C20H22ClN3O5.